The molecule has 0 amide bonds. The summed E-state index contributed by atoms with van der Waals surface area (Å²) in [6, 6.07) is 0. The van der Waals surface area contributed by atoms with Gasteiger partial charge in [0.25, 0.3) is 0 Å². The number of hydrogen-bond donors (Lipinski definition) is 1. The number of nitrogens with two attached hydrogens (primary N) is 1. The molecule has 0 aliphatic heterocycles. The van der Waals surface area contributed by atoms with Crippen LogP contribution in [0.3, 0.4) is 0 Å². The van der Waals surface area contributed by atoms with E-state index in [1.165, 1.54) is 0 Å². The average Bonchev–Trinajstić information content (AvgIpc) is 2.26. The lowest BCUT2D eigenvalue weighted by molar-refractivity contribution is -0.119. The third-order valence-corrected chi connectivity index (χ3v) is 2.53. The van der Waals surface area contributed by atoms with Gasteiger partial charge in [0, 0.05) is 19.3 Å². The molecule has 0 fully saturated rings. The number of hydrogen-bond acceptors (Lipinski definition) is 3. The largest absolute Gasteiger partial charge is 0.324 e. The number of rotatable bonds is 10. The molecule has 3 heteroatoms. The molecule has 0 bridgehead atoms. The van der Waals surface area contributed by atoms with Gasteiger partial charge in [-0.1, -0.05) is 26.2 Å². The second kappa shape index (κ2) is 9.84. The fraction of sp³-hybridized carbons (Fsp3) is 0.833. The lowest BCUT2D eigenvalue weighted by Gasteiger charge is -2.00. The van der Waals surface area contributed by atoms with Crippen LogP contribution in [0.1, 0.15) is 58.3 Å². The highest BCUT2D eigenvalue weighted by Gasteiger charge is 1.99. The van der Waals surface area contributed by atoms with Crippen LogP contribution < -0.4 is 5.73 Å². The van der Waals surface area contributed by atoms with Crippen LogP contribution in [0.25, 0.3) is 0 Å². The highest BCUT2D eigenvalue weighted by molar-refractivity contribution is 5.80. The summed E-state index contributed by atoms with van der Waals surface area (Å²) >= 11 is 0. The van der Waals surface area contributed by atoms with Crippen molar-refractivity contribution in [1.29, 1.82) is 0 Å². The van der Waals surface area contributed by atoms with E-state index >= 15 is 0 Å². The van der Waals surface area contributed by atoms with Gasteiger partial charge < -0.3 is 5.73 Å². The Bertz CT molecular complexity index is 170. The van der Waals surface area contributed by atoms with Gasteiger partial charge in [0.15, 0.2) is 0 Å². The standard InChI is InChI=1S/C12H23NO2/c1-2-11(14)8-6-4-3-5-7-9-12(15)10-13/h2-10,13H2,1H3. The Hall–Kier alpha value is -0.700. The first kappa shape index (κ1) is 14.3. The highest BCUT2D eigenvalue weighted by Crippen LogP contribution is 2.08. The SMILES string of the molecule is CCC(=O)CCCCCCCC(=O)CN. The third-order valence-electron chi connectivity index (χ3n) is 2.53. The van der Waals surface area contributed by atoms with Gasteiger partial charge in [0.1, 0.15) is 11.6 Å². The van der Waals surface area contributed by atoms with Crippen molar-refractivity contribution in [1.82, 2.24) is 0 Å². The van der Waals surface area contributed by atoms with Crippen LogP contribution >= 0.6 is 0 Å². The van der Waals surface area contributed by atoms with Gasteiger partial charge >= 0.3 is 0 Å². The van der Waals surface area contributed by atoms with Crippen LogP contribution in [0, 0.1) is 0 Å². The van der Waals surface area contributed by atoms with E-state index in [1.54, 1.807) is 0 Å². The van der Waals surface area contributed by atoms with Crippen LogP contribution in [-0.4, -0.2) is 18.1 Å². The van der Waals surface area contributed by atoms with Crippen molar-refractivity contribution in [3.8, 4) is 0 Å². The minimum absolute atomic E-state index is 0.149. The molecular weight excluding hydrogens is 190 g/mol. The molecule has 0 aromatic rings. The van der Waals surface area contributed by atoms with Crippen molar-refractivity contribution in [2.24, 2.45) is 5.73 Å². The number of carbonyl (C=O) groups is 2. The van der Waals surface area contributed by atoms with E-state index in [0.29, 0.717) is 18.6 Å². The molecule has 0 heterocycles. The fourth-order valence-corrected chi connectivity index (χ4v) is 1.45. The predicted octanol–water partition coefficient (Wildman–Crippen LogP) is 2.22. The van der Waals surface area contributed by atoms with Crippen molar-refractivity contribution in [2.45, 2.75) is 58.3 Å². The normalized spacial score (nSPS) is 10.3. The van der Waals surface area contributed by atoms with E-state index < -0.39 is 0 Å². The molecule has 0 unspecified atom stereocenters. The monoisotopic (exact) mass is 213 g/mol. The second-order valence-electron chi connectivity index (χ2n) is 3.90. The molecule has 0 rings (SSSR count). The molecule has 0 radical (unpaired) electrons. The van der Waals surface area contributed by atoms with E-state index in [2.05, 4.69) is 0 Å². The topological polar surface area (TPSA) is 60.2 Å². The van der Waals surface area contributed by atoms with Gasteiger partial charge in [-0.15, -0.1) is 0 Å². The molecule has 3 nitrogen and oxygen atoms in total. The first-order valence-corrected chi connectivity index (χ1v) is 5.94. The number of ketones is 2. The predicted molar refractivity (Wildman–Crippen MR) is 61.7 cm³/mol. The van der Waals surface area contributed by atoms with Crippen molar-refractivity contribution in [3.63, 3.8) is 0 Å². The molecule has 0 aromatic carbocycles. The van der Waals surface area contributed by atoms with Crippen LogP contribution in [0.15, 0.2) is 0 Å². The Morgan fingerprint density at radius 2 is 1.33 bits per heavy atom. The lowest BCUT2D eigenvalue weighted by atomic mass is 10.1. The minimum Gasteiger partial charge on any atom is -0.324 e. The maximum atomic E-state index is 11.0. The number of carbonyl (C=O) groups excluding carboxylic acids is 2. The molecular formula is C12H23NO2. The van der Waals surface area contributed by atoms with E-state index in [0.717, 1.165) is 38.5 Å². The number of unbranched alkanes of at least 4 members (excludes halogenated alkanes) is 4. The zero-order valence-corrected chi connectivity index (χ0v) is 9.76. The lowest BCUT2D eigenvalue weighted by Crippen LogP contribution is -2.12. The van der Waals surface area contributed by atoms with Crippen molar-refractivity contribution >= 4 is 11.6 Å². The average molecular weight is 213 g/mol. The van der Waals surface area contributed by atoms with Gasteiger partial charge in [0.2, 0.25) is 0 Å². The van der Waals surface area contributed by atoms with Gasteiger partial charge in [-0.05, 0) is 12.8 Å². The minimum atomic E-state index is 0.149. The number of Topliss-reactive ketones (excluding diaryl/α,β-unsaturated/α-hetero) is 2. The molecule has 0 atom stereocenters. The van der Waals surface area contributed by atoms with Crippen LogP contribution in [0.5, 0.6) is 0 Å². The Labute approximate surface area is 92.4 Å². The van der Waals surface area contributed by atoms with Crippen LogP contribution in [0.4, 0.5) is 0 Å². The Morgan fingerprint density at radius 3 is 1.80 bits per heavy atom. The maximum absolute atomic E-state index is 11.0. The zero-order valence-electron chi connectivity index (χ0n) is 9.76. The van der Waals surface area contributed by atoms with Crippen LogP contribution in [-0.2, 0) is 9.59 Å². The summed E-state index contributed by atoms with van der Waals surface area (Å²) in [5.41, 5.74) is 5.20. The van der Waals surface area contributed by atoms with Crippen molar-refractivity contribution in [3.05, 3.63) is 0 Å². The smallest absolute Gasteiger partial charge is 0.146 e. The van der Waals surface area contributed by atoms with E-state index in [-0.39, 0.29) is 12.3 Å². The van der Waals surface area contributed by atoms with E-state index in [4.69, 9.17) is 5.73 Å². The highest BCUT2D eigenvalue weighted by atomic mass is 16.1. The first-order valence-electron chi connectivity index (χ1n) is 5.94. The van der Waals surface area contributed by atoms with E-state index in [9.17, 15) is 9.59 Å². The Kier molecular flexibility index (Phi) is 9.38. The molecule has 15 heavy (non-hydrogen) atoms. The summed E-state index contributed by atoms with van der Waals surface area (Å²) < 4.78 is 0. The summed E-state index contributed by atoms with van der Waals surface area (Å²) in [5.74, 6) is 0.504. The van der Waals surface area contributed by atoms with Gasteiger partial charge in [0.05, 0.1) is 6.54 Å². The zero-order chi connectivity index (χ0) is 11.5. The molecule has 88 valence electrons. The van der Waals surface area contributed by atoms with Crippen LogP contribution in [0.2, 0.25) is 0 Å². The summed E-state index contributed by atoms with van der Waals surface area (Å²) in [4.78, 5) is 21.8. The second-order valence-corrected chi connectivity index (χ2v) is 3.90. The van der Waals surface area contributed by atoms with Gasteiger partial charge in [-0.2, -0.15) is 0 Å². The van der Waals surface area contributed by atoms with Gasteiger partial charge in [-0.25, -0.2) is 0 Å². The van der Waals surface area contributed by atoms with Gasteiger partial charge in [-0.3, -0.25) is 9.59 Å². The Balaban J connectivity index is 3.11. The molecule has 0 saturated heterocycles. The quantitative estimate of drug-likeness (QED) is 0.566. The van der Waals surface area contributed by atoms with Crippen molar-refractivity contribution < 1.29 is 9.59 Å². The molecule has 0 spiro atoms. The molecule has 0 saturated carbocycles. The van der Waals surface area contributed by atoms with Crippen molar-refractivity contribution in [2.75, 3.05) is 6.54 Å². The molecule has 0 aliphatic rings. The summed E-state index contributed by atoms with van der Waals surface area (Å²) in [6.07, 6.45) is 7.23. The molecule has 2 N–H and O–H groups in total. The summed E-state index contributed by atoms with van der Waals surface area (Å²) in [7, 11) is 0. The fourth-order valence-electron chi connectivity index (χ4n) is 1.45. The third kappa shape index (κ3) is 9.60. The Morgan fingerprint density at radius 1 is 0.867 bits per heavy atom. The maximum Gasteiger partial charge on any atom is 0.146 e. The summed E-state index contributed by atoms with van der Waals surface area (Å²) in [6.45, 7) is 2.08. The molecule has 0 aliphatic carbocycles. The summed E-state index contributed by atoms with van der Waals surface area (Å²) in [5, 5.41) is 0. The van der Waals surface area contributed by atoms with E-state index in [1.807, 2.05) is 6.92 Å². The first-order chi connectivity index (χ1) is 7.20. The molecule has 0 aromatic heterocycles.